The third kappa shape index (κ3) is 12.2. The van der Waals surface area contributed by atoms with Crippen molar-refractivity contribution in [3.63, 3.8) is 0 Å². The lowest BCUT2D eigenvalue weighted by atomic mass is 10.0. The second-order valence-corrected chi connectivity index (χ2v) is 5.24. The van der Waals surface area contributed by atoms with Crippen molar-refractivity contribution in [3.05, 3.63) is 0 Å². The van der Waals surface area contributed by atoms with E-state index in [0.717, 1.165) is 25.7 Å². The number of aliphatic hydroxyl groups is 2. The molecule has 2 atom stereocenters. The Kier molecular flexibility index (Phi) is 12.3. The lowest BCUT2D eigenvalue weighted by Gasteiger charge is -2.14. The largest absolute Gasteiger partial charge is 0.393 e. The van der Waals surface area contributed by atoms with Crippen molar-refractivity contribution in [1.29, 1.82) is 0 Å². The van der Waals surface area contributed by atoms with E-state index in [-0.39, 0.29) is 12.2 Å². The van der Waals surface area contributed by atoms with Crippen LogP contribution in [0.2, 0.25) is 0 Å². The fourth-order valence-electron chi connectivity index (χ4n) is 2.22. The monoisotopic (exact) mass is 244 g/mol. The first-order valence-electron chi connectivity index (χ1n) is 7.56. The molecule has 0 spiro atoms. The maximum absolute atomic E-state index is 9.73. The molecule has 0 radical (unpaired) electrons. The van der Waals surface area contributed by atoms with Gasteiger partial charge >= 0.3 is 0 Å². The highest BCUT2D eigenvalue weighted by Gasteiger charge is 2.10. The summed E-state index contributed by atoms with van der Waals surface area (Å²) in [5, 5.41) is 19.3. The Morgan fingerprint density at radius 3 is 1.76 bits per heavy atom. The van der Waals surface area contributed by atoms with E-state index in [4.69, 9.17) is 0 Å². The highest BCUT2D eigenvalue weighted by molar-refractivity contribution is 4.63. The quantitative estimate of drug-likeness (QED) is 0.509. The predicted molar refractivity (Wildman–Crippen MR) is 74.1 cm³/mol. The molecule has 0 aromatic rings. The van der Waals surface area contributed by atoms with E-state index in [9.17, 15) is 10.2 Å². The fraction of sp³-hybridized carbons (Fsp3) is 1.00. The SMILES string of the molecule is CCCCCCCCCC(O)CC(O)CCC. The van der Waals surface area contributed by atoms with Crippen LogP contribution >= 0.6 is 0 Å². The van der Waals surface area contributed by atoms with Crippen molar-refractivity contribution in [2.24, 2.45) is 0 Å². The molecule has 0 aromatic carbocycles. The Hall–Kier alpha value is -0.0800. The molecular weight excluding hydrogens is 212 g/mol. The molecule has 2 nitrogen and oxygen atoms in total. The van der Waals surface area contributed by atoms with Crippen molar-refractivity contribution in [3.8, 4) is 0 Å². The summed E-state index contributed by atoms with van der Waals surface area (Å²) in [6, 6.07) is 0. The molecule has 0 rings (SSSR count). The molecule has 0 saturated heterocycles. The molecular formula is C15H32O2. The third-order valence-corrected chi connectivity index (χ3v) is 3.31. The predicted octanol–water partition coefficient (Wildman–Crippen LogP) is 4.04. The molecule has 0 heterocycles. The van der Waals surface area contributed by atoms with Crippen LogP contribution in [0.5, 0.6) is 0 Å². The first-order valence-corrected chi connectivity index (χ1v) is 7.56. The van der Waals surface area contributed by atoms with Gasteiger partial charge in [-0.1, -0.05) is 65.2 Å². The van der Waals surface area contributed by atoms with Gasteiger partial charge < -0.3 is 10.2 Å². The summed E-state index contributed by atoms with van der Waals surface area (Å²) in [5.74, 6) is 0. The van der Waals surface area contributed by atoms with Gasteiger partial charge in [0.05, 0.1) is 12.2 Å². The molecule has 0 bridgehead atoms. The van der Waals surface area contributed by atoms with E-state index < -0.39 is 0 Å². The molecule has 2 unspecified atom stereocenters. The van der Waals surface area contributed by atoms with Crippen LogP contribution in [-0.4, -0.2) is 22.4 Å². The van der Waals surface area contributed by atoms with Gasteiger partial charge in [0.15, 0.2) is 0 Å². The number of rotatable bonds is 12. The standard InChI is InChI=1S/C15H32O2/c1-3-5-6-7-8-9-10-12-15(17)13-14(16)11-4-2/h14-17H,3-13H2,1-2H3. The topological polar surface area (TPSA) is 40.5 Å². The van der Waals surface area contributed by atoms with Gasteiger partial charge in [0.25, 0.3) is 0 Å². The van der Waals surface area contributed by atoms with E-state index in [1.165, 1.54) is 38.5 Å². The van der Waals surface area contributed by atoms with Gasteiger partial charge in [-0.3, -0.25) is 0 Å². The van der Waals surface area contributed by atoms with Crippen molar-refractivity contribution in [1.82, 2.24) is 0 Å². The zero-order chi connectivity index (χ0) is 12.9. The van der Waals surface area contributed by atoms with Gasteiger partial charge in [-0.25, -0.2) is 0 Å². The van der Waals surface area contributed by atoms with E-state index in [1.807, 2.05) is 0 Å². The molecule has 17 heavy (non-hydrogen) atoms. The normalized spacial score (nSPS) is 14.8. The highest BCUT2D eigenvalue weighted by atomic mass is 16.3. The minimum Gasteiger partial charge on any atom is -0.393 e. The summed E-state index contributed by atoms with van der Waals surface area (Å²) < 4.78 is 0. The summed E-state index contributed by atoms with van der Waals surface area (Å²) in [5.41, 5.74) is 0. The van der Waals surface area contributed by atoms with Gasteiger partial charge in [-0.15, -0.1) is 0 Å². The maximum Gasteiger partial charge on any atom is 0.0564 e. The van der Waals surface area contributed by atoms with E-state index >= 15 is 0 Å². The number of unbranched alkanes of at least 4 members (excludes halogenated alkanes) is 6. The highest BCUT2D eigenvalue weighted by Crippen LogP contribution is 2.13. The summed E-state index contributed by atoms with van der Waals surface area (Å²) in [6.07, 6.45) is 11.6. The Balaban J connectivity index is 3.24. The molecule has 2 N–H and O–H groups in total. The first-order chi connectivity index (χ1) is 8.20. The van der Waals surface area contributed by atoms with Gasteiger partial charge in [0, 0.05) is 0 Å². The van der Waals surface area contributed by atoms with Crippen LogP contribution in [0.4, 0.5) is 0 Å². The van der Waals surface area contributed by atoms with Crippen LogP contribution in [0.25, 0.3) is 0 Å². The Morgan fingerprint density at radius 2 is 1.18 bits per heavy atom. The maximum atomic E-state index is 9.73. The van der Waals surface area contributed by atoms with Crippen molar-refractivity contribution >= 4 is 0 Å². The molecule has 0 aromatic heterocycles. The lowest BCUT2D eigenvalue weighted by molar-refractivity contribution is 0.0692. The minimum atomic E-state index is -0.306. The van der Waals surface area contributed by atoms with Crippen molar-refractivity contribution < 1.29 is 10.2 Å². The average Bonchev–Trinajstić information content (AvgIpc) is 2.28. The summed E-state index contributed by atoms with van der Waals surface area (Å²) in [4.78, 5) is 0. The Bertz CT molecular complexity index is 148. The van der Waals surface area contributed by atoms with E-state index in [2.05, 4.69) is 13.8 Å². The second kappa shape index (κ2) is 12.4. The molecule has 0 aliphatic heterocycles. The zero-order valence-electron chi connectivity index (χ0n) is 11.8. The molecule has 0 aliphatic rings. The molecule has 104 valence electrons. The Morgan fingerprint density at radius 1 is 0.647 bits per heavy atom. The molecule has 0 fully saturated rings. The van der Waals surface area contributed by atoms with Crippen LogP contribution < -0.4 is 0 Å². The zero-order valence-corrected chi connectivity index (χ0v) is 11.8. The average molecular weight is 244 g/mol. The van der Waals surface area contributed by atoms with Crippen LogP contribution in [0.15, 0.2) is 0 Å². The van der Waals surface area contributed by atoms with Crippen LogP contribution in [0.3, 0.4) is 0 Å². The van der Waals surface area contributed by atoms with Gasteiger partial charge in [-0.05, 0) is 19.3 Å². The smallest absolute Gasteiger partial charge is 0.0564 e. The molecule has 0 saturated carbocycles. The third-order valence-electron chi connectivity index (χ3n) is 3.31. The van der Waals surface area contributed by atoms with Crippen LogP contribution in [-0.2, 0) is 0 Å². The molecule has 2 heteroatoms. The van der Waals surface area contributed by atoms with Gasteiger partial charge in [0.1, 0.15) is 0 Å². The van der Waals surface area contributed by atoms with Crippen LogP contribution in [0.1, 0.15) is 84.5 Å². The minimum absolute atomic E-state index is 0.299. The van der Waals surface area contributed by atoms with Crippen molar-refractivity contribution in [2.45, 2.75) is 96.7 Å². The Labute approximate surface area is 107 Å². The number of hydrogen-bond acceptors (Lipinski definition) is 2. The molecule has 0 aliphatic carbocycles. The second-order valence-electron chi connectivity index (χ2n) is 5.24. The molecule has 0 amide bonds. The number of hydrogen-bond donors (Lipinski definition) is 2. The van der Waals surface area contributed by atoms with E-state index in [0.29, 0.717) is 6.42 Å². The first kappa shape index (κ1) is 16.9. The summed E-state index contributed by atoms with van der Waals surface area (Å²) >= 11 is 0. The van der Waals surface area contributed by atoms with Crippen LogP contribution in [0, 0.1) is 0 Å². The summed E-state index contributed by atoms with van der Waals surface area (Å²) in [6.45, 7) is 4.30. The van der Waals surface area contributed by atoms with Gasteiger partial charge in [0.2, 0.25) is 0 Å². The van der Waals surface area contributed by atoms with E-state index in [1.54, 1.807) is 0 Å². The van der Waals surface area contributed by atoms with Crippen molar-refractivity contribution in [2.75, 3.05) is 0 Å². The lowest BCUT2D eigenvalue weighted by Crippen LogP contribution is -2.17. The number of aliphatic hydroxyl groups excluding tert-OH is 2. The fourth-order valence-corrected chi connectivity index (χ4v) is 2.22. The van der Waals surface area contributed by atoms with Gasteiger partial charge in [-0.2, -0.15) is 0 Å². The summed E-state index contributed by atoms with van der Waals surface area (Å²) in [7, 11) is 0.